The van der Waals surface area contributed by atoms with E-state index in [0.29, 0.717) is 5.56 Å². The Morgan fingerprint density at radius 1 is 0.963 bits per heavy atom. The highest BCUT2D eigenvalue weighted by molar-refractivity contribution is 5.96. The molecule has 0 saturated carbocycles. The summed E-state index contributed by atoms with van der Waals surface area (Å²) < 4.78 is 33.7. The van der Waals surface area contributed by atoms with Crippen molar-refractivity contribution in [1.82, 2.24) is 5.32 Å². The Morgan fingerprint density at radius 3 is 2.33 bits per heavy atom. The molecule has 2 aromatic carbocycles. The van der Waals surface area contributed by atoms with Crippen LogP contribution >= 0.6 is 0 Å². The number of hydrogen-bond donors (Lipinski definition) is 2. The van der Waals surface area contributed by atoms with E-state index in [1.54, 1.807) is 30.3 Å². The van der Waals surface area contributed by atoms with Crippen molar-refractivity contribution in [2.24, 2.45) is 0 Å². The van der Waals surface area contributed by atoms with E-state index in [1.165, 1.54) is 24.3 Å². The minimum atomic E-state index is -3.05. The van der Waals surface area contributed by atoms with E-state index >= 15 is 0 Å². The molecule has 0 saturated heterocycles. The third-order valence-electron chi connectivity index (χ3n) is 3.17. The number of carbonyl (C=O) groups is 3. The molecule has 9 heteroatoms. The normalized spacial score (nSPS) is 10.2. The van der Waals surface area contributed by atoms with Gasteiger partial charge in [-0.15, -0.1) is 0 Å². The zero-order valence-corrected chi connectivity index (χ0v) is 14.0. The van der Waals surface area contributed by atoms with Gasteiger partial charge in [0, 0.05) is 5.56 Å². The predicted molar refractivity (Wildman–Crippen MR) is 91.4 cm³/mol. The molecule has 0 heterocycles. The van der Waals surface area contributed by atoms with Crippen LogP contribution in [0.3, 0.4) is 0 Å². The van der Waals surface area contributed by atoms with E-state index in [-0.39, 0.29) is 11.4 Å². The maximum Gasteiger partial charge on any atom is 0.387 e. The van der Waals surface area contributed by atoms with Gasteiger partial charge in [-0.1, -0.05) is 30.3 Å². The topological polar surface area (TPSA) is 93.7 Å². The van der Waals surface area contributed by atoms with E-state index in [0.717, 1.165) is 0 Å². The van der Waals surface area contributed by atoms with E-state index in [9.17, 15) is 23.2 Å². The first-order chi connectivity index (χ1) is 13.0. The van der Waals surface area contributed by atoms with Crippen LogP contribution in [0, 0.1) is 0 Å². The molecular formula is C18H16F2N2O5. The summed E-state index contributed by atoms with van der Waals surface area (Å²) in [5.74, 6) is -2.26. The molecule has 2 rings (SSSR count). The van der Waals surface area contributed by atoms with Gasteiger partial charge in [0.05, 0.1) is 5.69 Å². The average Bonchev–Trinajstić information content (AvgIpc) is 2.66. The van der Waals surface area contributed by atoms with Gasteiger partial charge in [0.2, 0.25) is 0 Å². The number of hydrogen-bond acceptors (Lipinski definition) is 5. The molecule has 0 atom stereocenters. The van der Waals surface area contributed by atoms with Crippen LogP contribution in [0.25, 0.3) is 0 Å². The van der Waals surface area contributed by atoms with Gasteiger partial charge < -0.3 is 20.1 Å². The van der Waals surface area contributed by atoms with E-state index in [4.69, 9.17) is 4.74 Å². The van der Waals surface area contributed by atoms with Crippen LogP contribution in [0.1, 0.15) is 10.4 Å². The van der Waals surface area contributed by atoms with Crippen LogP contribution in [-0.4, -0.2) is 37.5 Å². The molecule has 27 heavy (non-hydrogen) atoms. The number of rotatable bonds is 8. The van der Waals surface area contributed by atoms with E-state index in [2.05, 4.69) is 15.4 Å². The number of halogens is 2. The molecule has 0 aliphatic rings. The number of anilines is 1. The lowest BCUT2D eigenvalue weighted by Gasteiger charge is -2.12. The summed E-state index contributed by atoms with van der Waals surface area (Å²) in [5, 5.41) is 4.65. The average molecular weight is 378 g/mol. The van der Waals surface area contributed by atoms with Crippen molar-refractivity contribution >= 4 is 23.5 Å². The zero-order chi connectivity index (χ0) is 19.6. The second-order valence-corrected chi connectivity index (χ2v) is 5.13. The molecule has 2 N–H and O–H groups in total. The van der Waals surface area contributed by atoms with Crippen molar-refractivity contribution in [1.29, 1.82) is 0 Å². The Hall–Kier alpha value is -3.49. The first-order valence-electron chi connectivity index (χ1n) is 7.78. The number of amides is 2. The van der Waals surface area contributed by atoms with Gasteiger partial charge in [-0.2, -0.15) is 8.78 Å². The molecule has 2 aromatic rings. The van der Waals surface area contributed by atoms with Crippen molar-refractivity contribution in [3.05, 3.63) is 60.2 Å². The molecule has 0 aliphatic heterocycles. The summed E-state index contributed by atoms with van der Waals surface area (Å²) in [6.45, 7) is -4.12. The van der Waals surface area contributed by atoms with E-state index in [1.807, 2.05) is 0 Å². The predicted octanol–water partition coefficient (Wildman–Crippen LogP) is 2.20. The van der Waals surface area contributed by atoms with Crippen LogP contribution in [-0.2, 0) is 14.3 Å². The van der Waals surface area contributed by atoms with Gasteiger partial charge in [0.15, 0.2) is 6.61 Å². The minimum absolute atomic E-state index is 0.0104. The fraction of sp³-hybridized carbons (Fsp3) is 0.167. The van der Waals surface area contributed by atoms with Gasteiger partial charge in [-0.3, -0.25) is 14.4 Å². The van der Waals surface area contributed by atoms with Gasteiger partial charge >= 0.3 is 12.6 Å². The fourth-order valence-electron chi connectivity index (χ4n) is 2.00. The van der Waals surface area contributed by atoms with Crippen molar-refractivity contribution in [2.45, 2.75) is 6.61 Å². The van der Waals surface area contributed by atoms with Crippen LogP contribution in [0.5, 0.6) is 5.75 Å². The Balaban J connectivity index is 1.77. The van der Waals surface area contributed by atoms with Crippen LogP contribution in [0.15, 0.2) is 54.6 Å². The number of para-hydroxylation sites is 2. The number of alkyl halides is 2. The number of nitrogens with one attached hydrogen (secondary N) is 2. The second kappa shape index (κ2) is 9.85. The van der Waals surface area contributed by atoms with Crippen molar-refractivity contribution in [3.63, 3.8) is 0 Å². The largest absolute Gasteiger partial charge is 0.454 e. The summed E-state index contributed by atoms with van der Waals surface area (Å²) in [6, 6.07) is 13.8. The maximum atomic E-state index is 12.3. The summed E-state index contributed by atoms with van der Waals surface area (Å²) in [7, 11) is 0. The molecule has 0 spiro atoms. The lowest BCUT2D eigenvalue weighted by molar-refractivity contribution is -0.146. The highest BCUT2D eigenvalue weighted by atomic mass is 19.3. The Morgan fingerprint density at radius 2 is 1.63 bits per heavy atom. The Labute approximate surface area is 153 Å². The maximum absolute atomic E-state index is 12.3. The molecule has 142 valence electrons. The lowest BCUT2D eigenvalue weighted by atomic mass is 10.2. The third kappa shape index (κ3) is 6.73. The first-order valence-corrected chi connectivity index (χ1v) is 7.78. The first kappa shape index (κ1) is 19.8. The Kier molecular flexibility index (Phi) is 7.24. The fourth-order valence-corrected chi connectivity index (χ4v) is 2.00. The van der Waals surface area contributed by atoms with Gasteiger partial charge in [0.25, 0.3) is 11.8 Å². The Bertz CT molecular complexity index is 799. The molecule has 0 fully saturated rings. The number of benzene rings is 2. The smallest absolute Gasteiger partial charge is 0.387 e. The molecule has 0 unspecified atom stereocenters. The van der Waals surface area contributed by atoms with Crippen LogP contribution < -0.4 is 15.4 Å². The molecule has 0 radical (unpaired) electrons. The zero-order valence-electron chi connectivity index (χ0n) is 14.0. The summed E-state index contributed by atoms with van der Waals surface area (Å²) in [6.07, 6.45) is 0. The SMILES string of the molecule is O=C(COC(=O)CNC(=O)c1ccccc1)Nc1ccccc1OC(F)F. The molecule has 0 bridgehead atoms. The van der Waals surface area contributed by atoms with Crippen molar-refractivity contribution in [2.75, 3.05) is 18.5 Å². The molecule has 0 aromatic heterocycles. The number of carbonyl (C=O) groups excluding carboxylic acids is 3. The number of esters is 1. The van der Waals surface area contributed by atoms with Crippen LogP contribution in [0.4, 0.5) is 14.5 Å². The summed E-state index contributed by atoms with van der Waals surface area (Å²) >= 11 is 0. The quantitative estimate of drug-likeness (QED) is 0.687. The van der Waals surface area contributed by atoms with Crippen LogP contribution in [0.2, 0.25) is 0 Å². The monoisotopic (exact) mass is 378 g/mol. The van der Waals surface area contributed by atoms with Gasteiger partial charge in [-0.25, -0.2) is 0 Å². The second-order valence-electron chi connectivity index (χ2n) is 5.13. The molecular weight excluding hydrogens is 362 g/mol. The lowest BCUT2D eigenvalue weighted by Crippen LogP contribution is -2.32. The molecule has 0 aliphatic carbocycles. The van der Waals surface area contributed by atoms with Crippen molar-refractivity contribution in [3.8, 4) is 5.75 Å². The van der Waals surface area contributed by atoms with Gasteiger partial charge in [0.1, 0.15) is 12.3 Å². The highest BCUT2D eigenvalue weighted by Crippen LogP contribution is 2.25. The third-order valence-corrected chi connectivity index (χ3v) is 3.17. The van der Waals surface area contributed by atoms with Crippen molar-refractivity contribution < 1.29 is 32.6 Å². The van der Waals surface area contributed by atoms with Gasteiger partial charge in [-0.05, 0) is 24.3 Å². The standard InChI is InChI=1S/C18H16F2N2O5/c19-18(20)27-14-9-5-4-8-13(14)22-15(23)11-26-16(24)10-21-17(25)12-6-2-1-3-7-12/h1-9,18H,10-11H2,(H,21,25)(H,22,23). The molecule has 2 amide bonds. The van der Waals surface area contributed by atoms with E-state index < -0.39 is 37.5 Å². The molecule has 7 nitrogen and oxygen atoms in total. The minimum Gasteiger partial charge on any atom is -0.454 e. The highest BCUT2D eigenvalue weighted by Gasteiger charge is 2.14. The summed E-state index contributed by atoms with van der Waals surface area (Å²) in [5.41, 5.74) is 0.384. The summed E-state index contributed by atoms with van der Waals surface area (Å²) in [4.78, 5) is 35.2. The number of ether oxygens (including phenoxy) is 2.